The molecule has 0 aromatic heterocycles. The van der Waals surface area contributed by atoms with Crippen LogP contribution in [0.3, 0.4) is 0 Å². The van der Waals surface area contributed by atoms with E-state index in [-0.39, 0.29) is 27.6 Å². The van der Waals surface area contributed by atoms with Crippen molar-refractivity contribution in [3.8, 4) is 0 Å². The van der Waals surface area contributed by atoms with Crippen LogP contribution < -0.4 is 0 Å². The van der Waals surface area contributed by atoms with E-state index in [1.54, 1.807) is 0 Å². The van der Waals surface area contributed by atoms with Gasteiger partial charge in [-0.05, 0) is 48.9 Å². The van der Waals surface area contributed by atoms with Crippen molar-refractivity contribution < 1.29 is 13.6 Å². The highest BCUT2D eigenvalue weighted by atomic mass is 28.4. The Bertz CT molecular complexity index is 412. The van der Waals surface area contributed by atoms with Gasteiger partial charge in [0, 0.05) is 5.60 Å². The van der Waals surface area contributed by atoms with Crippen molar-refractivity contribution in [1.29, 1.82) is 0 Å². The SMILES string of the molecule is CC(C)C[Si](OC(=O)C(C)C[Si]OC(C)(C)C)(C(C)(C)C)C(C)(C)C. The molecule has 5 heteroatoms. The van der Waals surface area contributed by atoms with Gasteiger partial charge in [0.25, 0.3) is 14.3 Å². The maximum atomic E-state index is 13.0. The molecule has 0 saturated heterocycles. The molecule has 0 aromatic rings. The van der Waals surface area contributed by atoms with Gasteiger partial charge in [-0.3, -0.25) is 4.79 Å². The molecule has 0 saturated carbocycles. The van der Waals surface area contributed by atoms with Crippen molar-refractivity contribution in [3.05, 3.63) is 0 Å². The molecule has 3 nitrogen and oxygen atoms in total. The van der Waals surface area contributed by atoms with Gasteiger partial charge < -0.3 is 8.85 Å². The second-order valence-corrected chi connectivity index (χ2v) is 17.0. The molecule has 0 aliphatic carbocycles. The third-order valence-corrected chi connectivity index (χ3v) is 12.9. The zero-order valence-electron chi connectivity index (χ0n) is 18.8. The number of carbonyl (C=O) groups is 1. The Morgan fingerprint density at radius 2 is 1.36 bits per heavy atom. The molecule has 0 fully saturated rings. The zero-order chi connectivity index (χ0) is 20.3. The molecular formula is C20H42O3Si2. The van der Waals surface area contributed by atoms with Crippen LogP contribution in [0.15, 0.2) is 0 Å². The normalized spacial score (nSPS) is 15.4. The smallest absolute Gasteiger partial charge is 0.295 e. The van der Waals surface area contributed by atoms with Crippen LogP contribution in [-0.2, 0) is 13.6 Å². The van der Waals surface area contributed by atoms with Crippen LogP contribution in [0.1, 0.15) is 83.1 Å². The fraction of sp³-hybridized carbons (Fsp3) is 0.950. The number of hydrogen-bond acceptors (Lipinski definition) is 3. The molecule has 1 atom stereocenters. The summed E-state index contributed by atoms with van der Waals surface area (Å²) in [5, 5.41) is -0.00973. The standard InChI is InChI=1S/C20H42O3Si2/c1-15(2)14-25(19(7,8)9,20(10,11)12)22-17(21)16(3)13-24-23-18(4,5)6/h15-16H,13-14H2,1-12H3. The summed E-state index contributed by atoms with van der Waals surface area (Å²) in [6.07, 6.45) is 0. The summed E-state index contributed by atoms with van der Waals surface area (Å²) < 4.78 is 12.3. The minimum Gasteiger partial charge on any atom is -0.518 e. The van der Waals surface area contributed by atoms with Gasteiger partial charge in [0.1, 0.15) is 0 Å². The molecule has 0 aliphatic heterocycles. The minimum absolute atomic E-state index is 0.00487. The molecule has 0 aromatic carbocycles. The first kappa shape index (κ1) is 24.9. The van der Waals surface area contributed by atoms with Crippen LogP contribution in [0.4, 0.5) is 0 Å². The van der Waals surface area contributed by atoms with Gasteiger partial charge in [-0.15, -0.1) is 0 Å². The highest BCUT2D eigenvalue weighted by Crippen LogP contribution is 2.55. The van der Waals surface area contributed by atoms with E-state index in [1.807, 2.05) is 27.7 Å². The summed E-state index contributed by atoms with van der Waals surface area (Å²) in [5.74, 6) is 0.353. The highest BCUT2D eigenvalue weighted by Gasteiger charge is 2.58. The summed E-state index contributed by atoms with van der Waals surface area (Å²) in [6, 6.07) is 1.73. The van der Waals surface area contributed by atoms with Crippen molar-refractivity contribution in [2.45, 2.75) is 111 Å². The number of rotatable bonds is 7. The lowest BCUT2D eigenvalue weighted by Gasteiger charge is -2.51. The quantitative estimate of drug-likeness (QED) is 0.487. The first-order chi connectivity index (χ1) is 10.9. The molecule has 1 unspecified atom stereocenters. The Morgan fingerprint density at radius 1 is 0.920 bits per heavy atom. The van der Waals surface area contributed by atoms with Crippen LogP contribution >= 0.6 is 0 Å². The fourth-order valence-corrected chi connectivity index (χ4v) is 10.2. The second-order valence-electron chi connectivity index (χ2n) is 10.8. The van der Waals surface area contributed by atoms with Crippen molar-refractivity contribution >= 4 is 24.0 Å². The van der Waals surface area contributed by atoms with Gasteiger partial charge in [-0.1, -0.05) is 62.3 Å². The van der Waals surface area contributed by atoms with E-state index < -0.39 is 8.32 Å². The van der Waals surface area contributed by atoms with E-state index in [4.69, 9.17) is 8.85 Å². The van der Waals surface area contributed by atoms with Crippen LogP contribution in [-0.4, -0.2) is 29.7 Å². The van der Waals surface area contributed by atoms with E-state index in [0.717, 1.165) is 12.1 Å². The molecular weight excluding hydrogens is 344 g/mol. The lowest BCUT2D eigenvalue weighted by Crippen LogP contribution is -2.57. The summed E-state index contributed by atoms with van der Waals surface area (Å²) in [4.78, 5) is 13.0. The van der Waals surface area contributed by atoms with Gasteiger partial charge in [-0.2, -0.15) is 0 Å². The third kappa shape index (κ3) is 7.55. The van der Waals surface area contributed by atoms with Crippen molar-refractivity contribution in [2.75, 3.05) is 0 Å². The maximum Gasteiger partial charge on any atom is 0.295 e. The monoisotopic (exact) mass is 386 g/mol. The molecule has 0 bridgehead atoms. The van der Waals surface area contributed by atoms with Crippen molar-refractivity contribution in [2.24, 2.45) is 11.8 Å². The summed E-state index contributed by atoms with van der Waals surface area (Å²) in [5.41, 5.74) is -0.158. The molecule has 148 valence electrons. The van der Waals surface area contributed by atoms with Gasteiger partial charge >= 0.3 is 0 Å². The predicted molar refractivity (Wildman–Crippen MR) is 111 cm³/mol. The molecule has 0 amide bonds. The van der Waals surface area contributed by atoms with Gasteiger partial charge in [0.15, 0.2) is 0 Å². The summed E-state index contributed by atoms with van der Waals surface area (Å²) >= 11 is 0. The summed E-state index contributed by atoms with van der Waals surface area (Å²) in [6.45, 7) is 26.0. The third-order valence-electron chi connectivity index (χ3n) is 4.56. The van der Waals surface area contributed by atoms with Gasteiger partial charge in [0.2, 0.25) is 9.76 Å². The molecule has 2 radical (unpaired) electrons. The molecule has 0 heterocycles. The first-order valence-corrected chi connectivity index (χ1v) is 12.8. The van der Waals surface area contributed by atoms with Gasteiger partial charge in [-0.25, -0.2) is 0 Å². The molecule has 0 rings (SSSR count). The Kier molecular flexibility index (Phi) is 8.65. The van der Waals surface area contributed by atoms with E-state index in [1.165, 1.54) is 0 Å². The molecule has 25 heavy (non-hydrogen) atoms. The van der Waals surface area contributed by atoms with E-state index in [2.05, 4.69) is 55.4 Å². The summed E-state index contributed by atoms with van der Waals surface area (Å²) in [7, 11) is -2.02. The Morgan fingerprint density at radius 3 is 1.68 bits per heavy atom. The maximum absolute atomic E-state index is 13.0. The molecule has 0 spiro atoms. The lowest BCUT2D eigenvalue weighted by molar-refractivity contribution is -0.139. The van der Waals surface area contributed by atoms with E-state index >= 15 is 0 Å². The predicted octanol–water partition coefficient (Wildman–Crippen LogP) is 6.22. The number of hydrogen-bond donors (Lipinski definition) is 0. The van der Waals surface area contributed by atoms with E-state index in [0.29, 0.717) is 15.7 Å². The minimum atomic E-state index is -2.35. The average Bonchev–Trinajstić information content (AvgIpc) is 2.32. The van der Waals surface area contributed by atoms with Crippen LogP contribution in [0.2, 0.25) is 22.2 Å². The topological polar surface area (TPSA) is 35.5 Å². The first-order valence-electron chi connectivity index (χ1n) is 9.56. The largest absolute Gasteiger partial charge is 0.518 e. The molecule has 0 aliphatic rings. The van der Waals surface area contributed by atoms with Gasteiger partial charge in [0.05, 0.1) is 5.92 Å². The second kappa shape index (κ2) is 8.70. The fourth-order valence-electron chi connectivity index (χ4n) is 3.40. The van der Waals surface area contributed by atoms with Crippen LogP contribution in [0, 0.1) is 11.8 Å². The van der Waals surface area contributed by atoms with Crippen LogP contribution in [0.5, 0.6) is 0 Å². The molecule has 0 N–H and O–H groups in total. The zero-order valence-corrected chi connectivity index (χ0v) is 20.8. The highest BCUT2D eigenvalue weighted by molar-refractivity contribution is 6.80. The van der Waals surface area contributed by atoms with Crippen molar-refractivity contribution in [3.63, 3.8) is 0 Å². The Labute approximate surface area is 160 Å². The average molecular weight is 387 g/mol. The Balaban J connectivity index is 5.34. The van der Waals surface area contributed by atoms with Crippen molar-refractivity contribution in [1.82, 2.24) is 0 Å². The number of carbonyl (C=O) groups excluding carboxylic acids is 1. The lowest BCUT2D eigenvalue weighted by atomic mass is 10.2. The Hall–Kier alpha value is -0.136. The van der Waals surface area contributed by atoms with Crippen LogP contribution in [0.25, 0.3) is 0 Å². The van der Waals surface area contributed by atoms with E-state index in [9.17, 15) is 4.79 Å².